The molecule has 3 aromatic rings. The molecule has 1 aliphatic rings. The highest BCUT2D eigenvalue weighted by molar-refractivity contribution is 7.14. The number of aliphatic imine (C=N–C) groups is 1. The lowest BCUT2D eigenvalue weighted by Gasteiger charge is -2.07. The number of carbonyl (C=O) groups is 2. The Balaban J connectivity index is 1.71. The molecule has 1 aliphatic carbocycles. The molecule has 0 unspecified atom stereocenters. The van der Waals surface area contributed by atoms with Crippen molar-refractivity contribution in [2.45, 2.75) is 13.8 Å². The Morgan fingerprint density at radius 2 is 1.75 bits per heavy atom. The van der Waals surface area contributed by atoms with Crippen LogP contribution >= 0.6 is 11.3 Å². The minimum absolute atomic E-state index is 0.0945. The Morgan fingerprint density at radius 3 is 2.41 bits per heavy atom. The molecular weight excluding hydrogens is 426 g/mol. The Morgan fingerprint density at radius 1 is 1.03 bits per heavy atom. The molecule has 0 amide bonds. The van der Waals surface area contributed by atoms with Crippen LogP contribution in [-0.4, -0.2) is 36.3 Å². The lowest BCUT2D eigenvalue weighted by atomic mass is 10.0. The lowest BCUT2D eigenvalue weighted by molar-refractivity contribution is 0.0528. The minimum Gasteiger partial charge on any atom is -0.506 e. The summed E-state index contributed by atoms with van der Waals surface area (Å²) in [4.78, 5) is 29.8. The molecule has 162 valence electrons. The number of fused-ring (bicyclic) bond motifs is 1. The van der Waals surface area contributed by atoms with E-state index in [0.717, 1.165) is 11.3 Å². The van der Waals surface area contributed by atoms with Crippen molar-refractivity contribution in [3.05, 3.63) is 76.2 Å². The first kappa shape index (κ1) is 21.5. The van der Waals surface area contributed by atoms with Crippen LogP contribution in [-0.2, 0) is 4.74 Å². The molecule has 4 rings (SSSR count). The number of benzene rings is 2. The maximum atomic E-state index is 12.8. The van der Waals surface area contributed by atoms with E-state index >= 15 is 0 Å². The fourth-order valence-corrected chi connectivity index (χ4v) is 4.39. The number of carbonyl (C=O) groups excluding carboxylic acids is 2. The molecule has 2 aromatic carbocycles. The zero-order valence-electron chi connectivity index (χ0n) is 17.6. The van der Waals surface area contributed by atoms with Gasteiger partial charge in [0.1, 0.15) is 22.1 Å². The van der Waals surface area contributed by atoms with Crippen molar-refractivity contribution in [1.29, 1.82) is 0 Å². The molecule has 0 fully saturated rings. The van der Waals surface area contributed by atoms with Gasteiger partial charge >= 0.3 is 5.97 Å². The summed E-state index contributed by atoms with van der Waals surface area (Å²) in [6.45, 7) is 4.44. The second-order valence-corrected chi connectivity index (χ2v) is 7.76. The zero-order valence-corrected chi connectivity index (χ0v) is 18.4. The van der Waals surface area contributed by atoms with Crippen molar-refractivity contribution in [3.63, 3.8) is 0 Å². The van der Waals surface area contributed by atoms with Crippen LogP contribution in [0.4, 0.5) is 5.00 Å². The highest BCUT2D eigenvalue weighted by Crippen LogP contribution is 2.39. The van der Waals surface area contributed by atoms with Crippen molar-refractivity contribution in [2.24, 2.45) is 4.99 Å². The summed E-state index contributed by atoms with van der Waals surface area (Å²) in [5.74, 6) is -0.175. The van der Waals surface area contributed by atoms with Crippen LogP contribution in [0, 0.1) is 0 Å². The van der Waals surface area contributed by atoms with E-state index < -0.39 is 5.97 Å². The number of allylic oxidation sites excluding steroid dienone is 1. The quantitative estimate of drug-likeness (QED) is 0.362. The Kier molecular flexibility index (Phi) is 6.18. The SMILES string of the molecule is CCOC(=O)c1c(-c2ccc(OCC)cc2)csc1/N=C/C1=C(O)c2ccccc2C1=O. The van der Waals surface area contributed by atoms with Crippen molar-refractivity contribution in [3.8, 4) is 16.9 Å². The largest absolute Gasteiger partial charge is 0.506 e. The molecule has 0 bridgehead atoms. The molecule has 32 heavy (non-hydrogen) atoms. The van der Waals surface area contributed by atoms with E-state index in [9.17, 15) is 14.7 Å². The van der Waals surface area contributed by atoms with Crippen molar-refractivity contribution in [2.75, 3.05) is 13.2 Å². The Hall–Kier alpha value is -3.71. The summed E-state index contributed by atoms with van der Waals surface area (Å²) in [6.07, 6.45) is 1.31. The fraction of sp³-hybridized carbons (Fsp3) is 0.160. The number of Topliss-reactive ketones (excluding diaryl/α,β-unsaturated/α-hetero) is 1. The van der Waals surface area contributed by atoms with E-state index in [1.165, 1.54) is 17.6 Å². The number of hydrogen-bond donors (Lipinski definition) is 1. The summed E-state index contributed by atoms with van der Waals surface area (Å²) >= 11 is 1.26. The van der Waals surface area contributed by atoms with Gasteiger partial charge in [-0.25, -0.2) is 9.79 Å². The first-order chi connectivity index (χ1) is 15.5. The average molecular weight is 448 g/mol. The van der Waals surface area contributed by atoms with E-state index in [0.29, 0.717) is 33.9 Å². The van der Waals surface area contributed by atoms with Gasteiger partial charge in [-0.1, -0.05) is 36.4 Å². The van der Waals surface area contributed by atoms with Gasteiger partial charge in [-0.15, -0.1) is 11.3 Å². The number of hydrogen-bond acceptors (Lipinski definition) is 7. The van der Waals surface area contributed by atoms with Crippen LogP contribution in [0.25, 0.3) is 16.9 Å². The minimum atomic E-state index is -0.496. The van der Waals surface area contributed by atoms with Gasteiger partial charge in [0.15, 0.2) is 5.78 Å². The number of ketones is 1. The standard InChI is InChI=1S/C25H21NO5S/c1-3-30-16-11-9-15(10-12-16)20-14-32-24(21(20)25(29)31-4-2)26-13-19-22(27)17-7-5-6-8-18(17)23(19)28/h5-14,27H,3-4H2,1-2H3/b26-13+. The number of aliphatic hydroxyl groups is 1. The summed E-state index contributed by atoms with van der Waals surface area (Å²) in [5.41, 5.74) is 2.82. The monoisotopic (exact) mass is 447 g/mol. The highest BCUT2D eigenvalue weighted by Gasteiger charge is 2.28. The summed E-state index contributed by atoms with van der Waals surface area (Å²) < 4.78 is 10.7. The molecule has 1 aromatic heterocycles. The van der Waals surface area contributed by atoms with E-state index in [1.807, 2.05) is 36.6 Å². The van der Waals surface area contributed by atoms with Crippen LogP contribution in [0.1, 0.15) is 40.1 Å². The van der Waals surface area contributed by atoms with E-state index in [4.69, 9.17) is 9.47 Å². The van der Waals surface area contributed by atoms with Crippen LogP contribution in [0.2, 0.25) is 0 Å². The molecule has 0 spiro atoms. The first-order valence-electron chi connectivity index (χ1n) is 10.2. The van der Waals surface area contributed by atoms with E-state index in [-0.39, 0.29) is 23.7 Å². The van der Waals surface area contributed by atoms with Crippen molar-refractivity contribution < 1.29 is 24.2 Å². The second kappa shape index (κ2) is 9.20. The number of thiophene rings is 1. The van der Waals surface area contributed by atoms with Gasteiger partial charge in [-0.2, -0.15) is 0 Å². The molecule has 0 radical (unpaired) electrons. The Labute approximate surface area is 189 Å². The van der Waals surface area contributed by atoms with Crippen LogP contribution < -0.4 is 4.74 Å². The predicted molar refractivity (Wildman–Crippen MR) is 125 cm³/mol. The van der Waals surface area contributed by atoms with Gasteiger partial charge in [0.25, 0.3) is 0 Å². The number of esters is 1. The smallest absolute Gasteiger partial charge is 0.341 e. The summed E-state index contributed by atoms with van der Waals surface area (Å²) in [5, 5.41) is 12.7. The van der Waals surface area contributed by atoms with E-state index in [1.54, 1.807) is 31.2 Å². The lowest BCUT2D eigenvalue weighted by Crippen LogP contribution is -2.05. The maximum absolute atomic E-state index is 12.8. The average Bonchev–Trinajstić information content (AvgIpc) is 3.33. The second-order valence-electron chi connectivity index (χ2n) is 6.90. The van der Waals surface area contributed by atoms with Crippen LogP contribution in [0.15, 0.2) is 64.5 Å². The molecular formula is C25H21NO5S. The van der Waals surface area contributed by atoms with Gasteiger partial charge in [-0.05, 0) is 31.5 Å². The number of ether oxygens (including phenoxy) is 2. The topological polar surface area (TPSA) is 85.2 Å². The van der Waals surface area contributed by atoms with Crippen molar-refractivity contribution >= 4 is 40.1 Å². The predicted octanol–water partition coefficient (Wildman–Crippen LogP) is 5.86. The Bertz CT molecular complexity index is 1240. The molecule has 6 nitrogen and oxygen atoms in total. The van der Waals surface area contributed by atoms with Gasteiger partial charge < -0.3 is 14.6 Å². The highest BCUT2D eigenvalue weighted by atomic mass is 32.1. The molecule has 0 saturated carbocycles. The summed E-state index contributed by atoms with van der Waals surface area (Å²) in [6, 6.07) is 14.3. The molecule has 0 saturated heterocycles. The van der Waals surface area contributed by atoms with Gasteiger partial charge in [0, 0.05) is 28.3 Å². The third kappa shape index (κ3) is 3.94. The number of nitrogens with zero attached hydrogens (tertiary/aromatic N) is 1. The molecule has 7 heteroatoms. The third-order valence-electron chi connectivity index (χ3n) is 4.96. The van der Waals surface area contributed by atoms with Gasteiger partial charge in [-0.3, -0.25) is 4.79 Å². The number of aliphatic hydroxyl groups excluding tert-OH is 1. The molecule has 1 N–H and O–H groups in total. The fourth-order valence-electron chi connectivity index (χ4n) is 3.48. The van der Waals surface area contributed by atoms with E-state index in [2.05, 4.69) is 4.99 Å². The molecule has 1 heterocycles. The zero-order chi connectivity index (χ0) is 22.7. The maximum Gasteiger partial charge on any atom is 0.341 e. The summed E-state index contributed by atoms with van der Waals surface area (Å²) in [7, 11) is 0. The molecule has 0 aliphatic heterocycles. The molecule has 0 atom stereocenters. The normalized spacial score (nSPS) is 13.0. The van der Waals surface area contributed by atoms with Crippen molar-refractivity contribution in [1.82, 2.24) is 0 Å². The van der Waals surface area contributed by atoms with Gasteiger partial charge in [0.2, 0.25) is 0 Å². The van der Waals surface area contributed by atoms with Gasteiger partial charge in [0.05, 0.1) is 18.8 Å². The first-order valence-corrected chi connectivity index (χ1v) is 11.1. The van der Waals surface area contributed by atoms with Crippen LogP contribution in [0.3, 0.4) is 0 Å². The number of rotatable bonds is 7. The van der Waals surface area contributed by atoms with Crippen LogP contribution in [0.5, 0.6) is 5.75 Å². The third-order valence-corrected chi connectivity index (χ3v) is 5.85.